The molecule has 0 aliphatic rings. The van der Waals surface area contributed by atoms with Crippen LogP contribution in [-0.4, -0.2) is 43.2 Å². The molecule has 0 unspecified atom stereocenters. The van der Waals surface area contributed by atoms with Gasteiger partial charge in [0.25, 0.3) is 5.91 Å². The molecule has 0 saturated heterocycles. The molecule has 1 heterocycles. The number of urea groups is 1. The highest BCUT2D eigenvalue weighted by atomic mass is 35.5. The van der Waals surface area contributed by atoms with E-state index in [2.05, 4.69) is 10.3 Å². The highest BCUT2D eigenvalue weighted by Gasteiger charge is 2.16. The smallest absolute Gasteiger partial charge is 0.344 e. The van der Waals surface area contributed by atoms with Crippen molar-refractivity contribution in [3.63, 3.8) is 0 Å². The number of halogens is 2. The molecule has 2 N–H and O–H groups in total. The molecule has 0 aliphatic carbocycles. The van der Waals surface area contributed by atoms with Gasteiger partial charge in [-0.1, -0.05) is 23.2 Å². The maximum atomic E-state index is 11.7. The van der Waals surface area contributed by atoms with Gasteiger partial charge in [-0.2, -0.15) is 0 Å². The van der Waals surface area contributed by atoms with Gasteiger partial charge in [-0.15, -0.1) is 0 Å². The summed E-state index contributed by atoms with van der Waals surface area (Å²) in [6.07, 6.45) is 0. The number of hydrogen-bond donors (Lipinski definition) is 2. The van der Waals surface area contributed by atoms with E-state index >= 15 is 0 Å². The van der Waals surface area contributed by atoms with Gasteiger partial charge < -0.3 is 14.8 Å². The number of pyridine rings is 1. The molecule has 10 heteroatoms. The van der Waals surface area contributed by atoms with E-state index in [-0.39, 0.29) is 10.8 Å². The van der Waals surface area contributed by atoms with Crippen LogP contribution in [0.3, 0.4) is 0 Å². The summed E-state index contributed by atoms with van der Waals surface area (Å²) >= 11 is 12.3. The number of carbonyl (C=O) groups is 3. The van der Waals surface area contributed by atoms with Gasteiger partial charge in [0.15, 0.2) is 19.0 Å². The number of rotatable bonds is 5. The molecule has 2 aromatic rings. The number of benzene rings is 1. The largest absolute Gasteiger partial charge is 0.478 e. The lowest BCUT2D eigenvalue weighted by Crippen LogP contribution is -2.40. The van der Waals surface area contributed by atoms with Crippen molar-refractivity contribution >= 4 is 52.0 Å². The average Bonchev–Trinajstić information content (AvgIpc) is 2.59. The van der Waals surface area contributed by atoms with E-state index in [4.69, 9.17) is 32.7 Å². The number of aryl methyl sites for hydroxylation is 1. The van der Waals surface area contributed by atoms with Crippen molar-refractivity contribution in [2.24, 2.45) is 0 Å². The first-order valence-corrected chi connectivity index (χ1v) is 8.12. The van der Waals surface area contributed by atoms with Gasteiger partial charge in [0.1, 0.15) is 5.52 Å². The van der Waals surface area contributed by atoms with Crippen molar-refractivity contribution in [3.05, 3.63) is 33.9 Å². The summed E-state index contributed by atoms with van der Waals surface area (Å²) in [5.74, 6) is -1.41. The molecule has 138 valence electrons. The van der Waals surface area contributed by atoms with Crippen LogP contribution < -0.4 is 15.4 Å². The van der Waals surface area contributed by atoms with Crippen LogP contribution in [0.25, 0.3) is 10.9 Å². The summed E-state index contributed by atoms with van der Waals surface area (Å²) in [5, 5.41) is 5.35. The van der Waals surface area contributed by atoms with Crippen LogP contribution in [0.5, 0.6) is 5.75 Å². The minimum Gasteiger partial charge on any atom is -0.478 e. The van der Waals surface area contributed by atoms with Crippen LogP contribution in [0.15, 0.2) is 18.2 Å². The van der Waals surface area contributed by atoms with Crippen molar-refractivity contribution in [1.82, 2.24) is 15.6 Å². The number of amides is 3. The van der Waals surface area contributed by atoms with Gasteiger partial charge in [0.2, 0.25) is 0 Å². The first-order valence-electron chi connectivity index (χ1n) is 7.37. The van der Waals surface area contributed by atoms with Gasteiger partial charge in [-0.25, -0.2) is 14.6 Å². The second-order valence-corrected chi connectivity index (χ2v) is 5.91. The molecule has 2 rings (SSSR count). The van der Waals surface area contributed by atoms with Gasteiger partial charge in [0.05, 0.1) is 10.0 Å². The Hall–Kier alpha value is -2.58. The average molecular weight is 400 g/mol. The molecule has 26 heavy (non-hydrogen) atoms. The minimum absolute atomic E-state index is 0.182. The number of imide groups is 1. The molecule has 0 bridgehead atoms. The number of ether oxygens (including phenoxy) is 2. The van der Waals surface area contributed by atoms with Crippen LogP contribution in [-0.2, 0) is 14.3 Å². The number of aromatic nitrogens is 1. The zero-order chi connectivity index (χ0) is 19.3. The molecule has 0 saturated carbocycles. The summed E-state index contributed by atoms with van der Waals surface area (Å²) in [6.45, 7) is 0.665. The van der Waals surface area contributed by atoms with E-state index in [1.54, 1.807) is 19.1 Å². The second kappa shape index (κ2) is 8.68. The van der Waals surface area contributed by atoms with E-state index in [9.17, 15) is 14.4 Å². The Labute approximate surface area is 158 Å². The molecular formula is C16H15Cl2N3O5. The number of carbonyl (C=O) groups excluding carboxylic acids is 3. The molecule has 1 aromatic heterocycles. The molecule has 0 fully saturated rings. The molecule has 0 spiro atoms. The number of esters is 1. The molecule has 0 radical (unpaired) electrons. The Morgan fingerprint density at radius 1 is 1.15 bits per heavy atom. The lowest BCUT2D eigenvalue weighted by molar-refractivity contribution is -0.150. The van der Waals surface area contributed by atoms with Gasteiger partial charge in [-0.05, 0) is 25.1 Å². The number of hydrogen-bond acceptors (Lipinski definition) is 6. The monoisotopic (exact) mass is 399 g/mol. The van der Waals surface area contributed by atoms with Gasteiger partial charge in [-0.3, -0.25) is 10.1 Å². The van der Waals surface area contributed by atoms with Crippen molar-refractivity contribution in [2.75, 3.05) is 20.3 Å². The Morgan fingerprint density at radius 2 is 1.88 bits per heavy atom. The molecule has 8 nitrogen and oxygen atoms in total. The lowest BCUT2D eigenvalue weighted by Gasteiger charge is -2.12. The predicted molar refractivity (Wildman–Crippen MR) is 95.6 cm³/mol. The fraction of sp³-hybridized carbons (Fsp3) is 0.250. The fourth-order valence-corrected chi connectivity index (χ4v) is 2.54. The molecule has 3 amide bonds. The normalized spacial score (nSPS) is 10.3. The van der Waals surface area contributed by atoms with E-state index in [0.717, 1.165) is 0 Å². The summed E-state index contributed by atoms with van der Waals surface area (Å²) in [6, 6.07) is 4.33. The van der Waals surface area contributed by atoms with E-state index < -0.39 is 31.1 Å². The van der Waals surface area contributed by atoms with Crippen molar-refractivity contribution < 1.29 is 23.9 Å². The molecular weight excluding hydrogens is 385 g/mol. The predicted octanol–water partition coefficient (Wildman–Crippen LogP) is 2.23. The fourth-order valence-electron chi connectivity index (χ4n) is 1.97. The van der Waals surface area contributed by atoms with Crippen LogP contribution in [0.2, 0.25) is 10.0 Å². The summed E-state index contributed by atoms with van der Waals surface area (Å²) in [5.41, 5.74) is 1.13. The van der Waals surface area contributed by atoms with E-state index in [1.807, 2.05) is 5.32 Å². The zero-order valence-electron chi connectivity index (χ0n) is 13.9. The Balaban J connectivity index is 2.03. The first kappa shape index (κ1) is 19.7. The minimum atomic E-state index is -0.816. The summed E-state index contributed by atoms with van der Waals surface area (Å²) in [4.78, 5) is 38.4. The van der Waals surface area contributed by atoms with Gasteiger partial charge >= 0.3 is 12.0 Å². The van der Waals surface area contributed by atoms with Crippen LogP contribution >= 0.6 is 23.2 Å². The van der Waals surface area contributed by atoms with Gasteiger partial charge in [0, 0.05) is 18.1 Å². The van der Waals surface area contributed by atoms with Crippen LogP contribution in [0.1, 0.15) is 5.69 Å². The Kier molecular flexibility index (Phi) is 6.59. The lowest BCUT2D eigenvalue weighted by atomic mass is 10.2. The first-order chi connectivity index (χ1) is 12.3. The van der Waals surface area contributed by atoms with Crippen LogP contribution in [0, 0.1) is 6.92 Å². The Bertz CT molecular complexity index is 873. The van der Waals surface area contributed by atoms with Crippen molar-refractivity contribution in [3.8, 4) is 5.75 Å². The maximum absolute atomic E-state index is 11.7. The Morgan fingerprint density at radius 3 is 2.58 bits per heavy atom. The molecule has 1 aromatic carbocycles. The zero-order valence-corrected chi connectivity index (χ0v) is 15.4. The number of nitrogens with one attached hydrogen (secondary N) is 2. The standard InChI is InChI=1S/C16H15Cl2N3O5/c1-8-3-4-9-10(17)5-11(18)15(14(9)20-8)26-7-13(23)25-6-12(22)21-16(24)19-2/h3-5H,6-7H2,1-2H3,(H2,19,21,22,24). The third-order valence-corrected chi connectivity index (χ3v) is 3.75. The van der Waals surface area contributed by atoms with Crippen molar-refractivity contribution in [2.45, 2.75) is 6.92 Å². The summed E-state index contributed by atoms with van der Waals surface area (Å²) < 4.78 is 10.1. The number of fused-ring (bicyclic) bond motifs is 1. The topological polar surface area (TPSA) is 107 Å². The molecule has 0 aliphatic heterocycles. The third-order valence-electron chi connectivity index (χ3n) is 3.16. The second-order valence-electron chi connectivity index (χ2n) is 5.09. The SMILES string of the molecule is CNC(=O)NC(=O)COC(=O)COc1c(Cl)cc(Cl)c2ccc(C)nc12. The maximum Gasteiger partial charge on any atom is 0.344 e. The van der Waals surface area contributed by atoms with Crippen molar-refractivity contribution in [1.29, 1.82) is 0 Å². The number of nitrogens with zero attached hydrogens (tertiary/aromatic N) is 1. The third kappa shape index (κ3) is 4.96. The van der Waals surface area contributed by atoms with Crippen LogP contribution in [0.4, 0.5) is 4.79 Å². The highest BCUT2D eigenvalue weighted by Crippen LogP contribution is 2.37. The van der Waals surface area contributed by atoms with E-state index in [1.165, 1.54) is 13.1 Å². The van der Waals surface area contributed by atoms with E-state index in [0.29, 0.717) is 21.6 Å². The molecule has 0 atom stereocenters. The summed E-state index contributed by atoms with van der Waals surface area (Å²) in [7, 11) is 1.35. The highest BCUT2D eigenvalue weighted by molar-refractivity contribution is 6.39. The quantitative estimate of drug-likeness (QED) is 0.746.